The van der Waals surface area contributed by atoms with E-state index in [0.29, 0.717) is 16.1 Å². The van der Waals surface area contributed by atoms with Crippen LogP contribution in [0.25, 0.3) is 0 Å². The van der Waals surface area contributed by atoms with Crippen molar-refractivity contribution in [3.63, 3.8) is 0 Å². The highest BCUT2D eigenvalue weighted by Crippen LogP contribution is 2.19. The standard InChI is InChI=1S/C10H11ClFNO2/c11-8-2-1-6(3-7(8)5-12)4-9(13)10(14)15/h1-3,9H,4-5,13H2,(H,14,15)/t9-/m0/s1. The van der Waals surface area contributed by atoms with Crippen LogP contribution >= 0.6 is 11.6 Å². The molecular weight excluding hydrogens is 221 g/mol. The third-order valence-corrected chi connectivity index (χ3v) is 2.40. The van der Waals surface area contributed by atoms with Crippen molar-refractivity contribution in [2.24, 2.45) is 5.73 Å². The van der Waals surface area contributed by atoms with Gasteiger partial charge in [-0.3, -0.25) is 4.79 Å². The van der Waals surface area contributed by atoms with Gasteiger partial charge in [0.15, 0.2) is 0 Å². The molecule has 0 radical (unpaired) electrons. The van der Waals surface area contributed by atoms with Gasteiger partial charge in [-0.25, -0.2) is 4.39 Å². The first-order chi connectivity index (χ1) is 7.04. The summed E-state index contributed by atoms with van der Waals surface area (Å²) in [5, 5.41) is 8.94. The fourth-order valence-electron chi connectivity index (χ4n) is 1.20. The maximum absolute atomic E-state index is 12.4. The molecule has 0 aromatic heterocycles. The van der Waals surface area contributed by atoms with E-state index < -0.39 is 18.7 Å². The summed E-state index contributed by atoms with van der Waals surface area (Å²) in [5.74, 6) is -1.08. The number of carbonyl (C=O) groups is 1. The van der Waals surface area contributed by atoms with Gasteiger partial charge in [0.05, 0.1) is 0 Å². The number of nitrogens with two attached hydrogens (primary N) is 1. The molecule has 82 valence electrons. The molecule has 0 saturated heterocycles. The van der Waals surface area contributed by atoms with Gasteiger partial charge in [-0.2, -0.15) is 0 Å². The number of aliphatic carboxylic acids is 1. The average molecular weight is 232 g/mol. The van der Waals surface area contributed by atoms with E-state index in [-0.39, 0.29) is 6.42 Å². The van der Waals surface area contributed by atoms with E-state index in [9.17, 15) is 9.18 Å². The molecule has 0 aliphatic carbocycles. The average Bonchev–Trinajstić information content (AvgIpc) is 2.20. The number of carboxylic acids is 1. The number of halogens is 2. The number of benzene rings is 1. The Morgan fingerprint density at radius 1 is 1.60 bits per heavy atom. The zero-order valence-electron chi connectivity index (χ0n) is 7.91. The summed E-state index contributed by atoms with van der Waals surface area (Å²) in [7, 11) is 0. The second-order valence-electron chi connectivity index (χ2n) is 3.21. The lowest BCUT2D eigenvalue weighted by molar-refractivity contribution is -0.138. The van der Waals surface area contributed by atoms with Crippen molar-refractivity contribution in [3.8, 4) is 0 Å². The van der Waals surface area contributed by atoms with Gasteiger partial charge in [0.2, 0.25) is 0 Å². The number of alkyl halides is 1. The fraction of sp³-hybridized carbons (Fsp3) is 0.300. The topological polar surface area (TPSA) is 63.3 Å². The van der Waals surface area contributed by atoms with Crippen LogP contribution < -0.4 is 5.73 Å². The van der Waals surface area contributed by atoms with Crippen LogP contribution in [0.15, 0.2) is 18.2 Å². The van der Waals surface area contributed by atoms with Crippen LogP contribution in [0.4, 0.5) is 4.39 Å². The molecule has 0 fully saturated rings. The van der Waals surface area contributed by atoms with Crippen LogP contribution in [0.5, 0.6) is 0 Å². The molecule has 3 nitrogen and oxygen atoms in total. The molecule has 0 spiro atoms. The fourth-order valence-corrected chi connectivity index (χ4v) is 1.37. The summed E-state index contributed by atoms with van der Waals surface area (Å²) in [4.78, 5) is 10.5. The first kappa shape index (κ1) is 11.9. The zero-order valence-corrected chi connectivity index (χ0v) is 8.67. The molecule has 5 heteroatoms. The summed E-state index contributed by atoms with van der Waals surface area (Å²) < 4.78 is 12.4. The maximum Gasteiger partial charge on any atom is 0.320 e. The van der Waals surface area contributed by atoms with Crippen LogP contribution in [-0.4, -0.2) is 17.1 Å². The Morgan fingerprint density at radius 2 is 2.27 bits per heavy atom. The summed E-state index contributed by atoms with van der Waals surface area (Å²) in [6, 6.07) is 3.74. The lowest BCUT2D eigenvalue weighted by Gasteiger charge is -2.08. The maximum atomic E-state index is 12.4. The Balaban J connectivity index is 2.83. The lowest BCUT2D eigenvalue weighted by atomic mass is 10.0. The molecule has 15 heavy (non-hydrogen) atoms. The number of hydrogen-bond donors (Lipinski definition) is 2. The Morgan fingerprint density at radius 3 is 2.80 bits per heavy atom. The normalized spacial score (nSPS) is 12.5. The smallest absolute Gasteiger partial charge is 0.320 e. The first-order valence-electron chi connectivity index (χ1n) is 4.36. The van der Waals surface area contributed by atoms with E-state index in [4.69, 9.17) is 22.4 Å². The van der Waals surface area contributed by atoms with E-state index >= 15 is 0 Å². The third-order valence-electron chi connectivity index (χ3n) is 2.03. The molecule has 3 N–H and O–H groups in total. The van der Waals surface area contributed by atoms with Crippen molar-refractivity contribution >= 4 is 17.6 Å². The highest BCUT2D eigenvalue weighted by molar-refractivity contribution is 6.31. The first-order valence-corrected chi connectivity index (χ1v) is 4.74. The van der Waals surface area contributed by atoms with Crippen LogP contribution in [0.3, 0.4) is 0 Å². The molecule has 0 saturated carbocycles. The highest BCUT2D eigenvalue weighted by Gasteiger charge is 2.12. The Hall–Kier alpha value is -1.13. The predicted molar refractivity (Wildman–Crippen MR) is 55.6 cm³/mol. The van der Waals surface area contributed by atoms with Crippen LogP contribution in [0, 0.1) is 0 Å². The third kappa shape index (κ3) is 3.18. The molecule has 1 atom stereocenters. The van der Waals surface area contributed by atoms with Crippen LogP contribution in [0.2, 0.25) is 5.02 Å². The van der Waals surface area contributed by atoms with Crippen molar-refractivity contribution in [2.45, 2.75) is 19.1 Å². The number of carboxylic acid groups (broad SMARTS) is 1. The van der Waals surface area contributed by atoms with Crippen molar-refractivity contribution in [1.29, 1.82) is 0 Å². The van der Waals surface area contributed by atoms with E-state index in [1.54, 1.807) is 12.1 Å². The Bertz CT molecular complexity index is 370. The monoisotopic (exact) mass is 231 g/mol. The molecule has 0 heterocycles. The minimum atomic E-state index is -1.08. The van der Waals surface area contributed by atoms with Crippen molar-refractivity contribution < 1.29 is 14.3 Å². The highest BCUT2D eigenvalue weighted by atomic mass is 35.5. The summed E-state index contributed by atoms with van der Waals surface area (Å²) in [5.41, 5.74) is 6.37. The molecule has 1 rings (SSSR count). The van der Waals surface area contributed by atoms with Gasteiger partial charge in [-0.1, -0.05) is 23.7 Å². The molecule has 0 bridgehead atoms. The van der Waals surface area contributed by atoms with E-state index in [1.165, 1.54) is 6.07 Å². The van der Waals surface area contributed by atoms with E-state index in [2.05, 4.69) is 0 Å². The minimum Gasteiger partial charge on any atom is -0.480 e. The van der Waals surface area contributed by atoms with Crippen LogP contribution in [0.1, 0.15) is 11.1 Å². The number of rotatable bonds is 4. The Kier molecular flexibility index (Phi) is 4.05. The zero-order chi connectivity index (χ0) is 11.4. The second kappa shape index (κ2) is 5.09. The second-order valence-corrected chi connectivity index (χ2v) is 3.62. The lowest BCUT2D eigenvalue weighted by Crippen LogP contribution is -2.32. The van der Waals surface area contributed by atoms with Gasteiger partial charge < -0.3 is 10.8 Å². The van der Waals surface area contributed by atoms with Gasteiger partial charge in [0, 0.05) is 10.6 Å². The van der Waals surface area contributed by atoms with Gasteiger partial charge in [0.1, 0.15) is 12.7 Å². The number of hydrogen-bond acceptors (Lipinski definition) is 2. The largest absolute Gasteiger partial charge is 0.480 e. The molecule has 1 aromatic carbocycles. The van der Waals surface area contributed by atoms with Gasteiger partial charge >= 0.3 is 5.97 Å². The quantitative estimate of drug-likeness (QED) is 0.830. The van der Waals surface area contributed by atoms with Crippen molar-refractivity contribution in [2.75, 3.05) is 0 Å². The van der Waals surface area contributed by atoms with Gasteiger partial charge in [0.25, 0.3) is 0 Å². The van der Waals surface area contributed by atoms with Crippen LogP contribution in [-0.2, 0) is 17.9 Å². The van der Waals surface area contributed by atoms with Gasteiger partial charge in [-0.15, -0.1) is 0 Å². The Labute approximate surface area is 91.7 Å². The SMILES string of the molecule is N[C@@H](Cc1ccc(Cl)c(CF)c1)C(=O)O. The van der Waals surface area contributed by atoms with E-state index in [0.717, 1.165) is 0 Å². The van der Waals surface area contributed by atoms with E-state index in [1.807, 2.05) is 0 Å². The summed E-state index contributed by atoms with van der Waals surface area (Å²) in [6.07, 6.45) is 0.166. The summed E-state index contributed by atoms with van der Waals surface area (Å²) >= 11 is 5.71. The molecule has 0 unspecified atom stereocenters. The van der Waals surface area contributed by atoms with Gasteiger partial charge in [-0.05, 0) is 18.1 Å². The molecular formula is C10H11ClFNO2. The molecule has 0 amide bonds. The predicted octanol–water partition coefficient (Wildman–Crippen LogP) is 1.76. The molecule has 0 aliphatic heterocycles. The molecule has 0 aliphatic rings. The van der Waals surface area contributed by atoms with Crippen molar-refractivity contribution in [3.05, 3.63) is 34.3 Å². The van der Waals surface area contributed by atoms with Crippen molar-refractivity contribution in [1.82, 2.24) is 0 Å². The molecule has 1 aromatic rings. The minimum absolute atomic E-state index is 0.166. The summed E-state index contributed by atoms with van der Waals surface area (Å²) in [6.45, 7) is -0.672.